The van der Waals surface area contributed by atoms with Gasteiger partial charge in [0, 0.05) is 12.3 Å². The number of carbonyl (C=O) groups is 1. The van der Waals surface area contributed by atoms with Crippen LogP contribution in [-0.4, -0.2) is 24.3 Å². The van der Waals surface area contributed by atoms with Gasteiger partial charge >= 0.3 is 5.97 Å². The topological polar surface area (TPSA) is 35.5 Å². The first-order valence-electron chi connectivity index (χ1n) is 14.1. The van der Waals surface area contributed by atoms with E-state index in [1.54, 1.807) is 0 Å². The van der Waals surface area contributed by atoms with Crippen LogP contribution >= 0.6 is 0 Å². The van der Waals surface area contributed by atoms with Gasteiger partial charge in [-0.1, -0.05) is 34.6 Å². The molecule has 2 heterocycles. The van der Waals surface area contributed by atoms with Gasteiger partial charge < -0.3 is 9.47 Å². The summed E-state index contributed by atoms with van der Waals surface area (Å²) in [7, 11) is 0. The molecular weight excluding hydrogens is 408 g/mol. The van der Waals surface area contributed by atoms with Gasteiger partial charge in [-0.2, -0.15) is 0 Å². The lowest BCUT2D eigenvalue weighted by atomic mass is 9.32. The minimum atomic E-state index is -0.349. The van der Waals surface area contributed by atoms with E-state index in [2.05, 4.69) is 48.5 Å². The largest absolute Gasteiger partial charge is 0.459 e. The van der Waals surface area contributed by atoms with Crippen molar-refractivity contribution in [3.8, 4) is 0 Å². The Kier molecular flexibility index (Phi) is 4.57. The lowest BCUT2D eigenvalue weighted by Gasteiger charge is -2.72. The number of hydrogen-bond donors (Lipinski definition) is 0. The molecule has 0 aromatic carbocycles. The monoisotopic (exact) mass is 456 g/mol. The number of hydrogen-bond acceptors (Lipinski definition) is 3. The van der Waals surface area contributed by atoms with Crippen LogP contribution in [-0.2, 0) is 14.3 Å². The maximum atomic E-state index is 12.6. The van der Waals surface area contributed by atoms with E-state index in [9.17, 15) is 4.79 Å². The van der Waals surface area contributed by atoms with Crippen molar-refractivity contribution >= 4 is 5.97 Å². The van der Waals surface area contributed by atoms with Crippen LogP contribution in [0.25, 0.3) is 0 Å². The van der Waals surface area contributed by atoms with Crippen LogP contribution in [0.15, 0.2) is 0 Å². The van der Waals surface area contributed by atoms with Gasteiger partial charge in [-0.3, -0.25) is 4.79 Å². The molecule has 33 heavy (non-hydrogen) atoms. The molecular formula is C30H48O3. The van der Waals surface area contributed by atoms with E-state index >= 15 is 0 Å². The molecule has 186 valence electrons. The highest BCUT2D eigenvalue weighted by molar-refractivity contribution is 5.70. The molecule has 0 spiro atoms. The smallest absolute Gasteiger partial charge is 0.306 e. The third-order valence-corrected chi connectivity index (χ3v) is 13.5. The predicted octanol–water partition coefficient (Wildman–Crippen LogP) is 7.17. The van der Waals surface area contributed by atoms with Gasteiger partial charge in [-0.15, -0.1) is 0 Å². The number of ether oxygens (including phenoxy) is 2. The second-order valence-electron chi connectivity index (χ2n) is 15.4. The molecule has 0 amide bonds. The molecule has 6 rings (SSSR count). The molecule has 2 saturated heterocycles. The lowest BCUT2D eigenvalue weighted by molar-refractivity contribution is -0.239. The average molecular weight is 457 g/mol. The molecule has 6 fully saturated rings. The van der Waals surface area contributed by atoms with Crippen LogP contribution in [0, 0.1) is 50.7 Å². The third-order valence-electron chi connectivity index (χ3n) is 13.5. The standard InChI is InChI=1S/C30H48O3/c1-25(2)14-16-30-17-15-28(6)19(23(30)24(25)32-18-30)8-9-21-27(5)12-11-22(31)33-26(3,4)20(27)10-13-29(21,28)7/h19-21,23-24H,8-18H2,1-7H3/t19-,20+,21+,23-,24-,27+,28-,29+,30+/m1/s1. The first kappa shape index (κ1) is 22.9. The van der Waals surface area contributed by atoms with Crippen LogP contribution < -0.4 is 0 Å². The Hall–Kier alpha value is -0.570. The quantitative estimate of drug-likeness (QED) is 0.362. The number of cyclic esters (lactones) is 1. The van der Waals surface area contributed by atoms with Gasteiger partial charge in [-0.25, -0.2) is 0 Å². The minimum absolute atomic E-state index is 0.0231. The third kappa shape index (κ3) is 2.70. The summed E-state index contributed by atoms with van der Waals surface area (Å²) in [5.41, 5.74) is 1.32. The molecule has 9 atom stereocenters. The molecule has 3 nitrogen and oxygen atoms in total. The molecule has 0 N–H and O–H groups in total. The number of rotatable bonds is 0. The van der Waals surface area contributed by atoms with Crippen molar-refractivity contribution < 1.29 is 14.3 Å². The zero-order valence-corrected chi connectivity index (χ0v) is 22.4. The highest BCUT2D eigenvalue weighted by atomic mass is 16.6. The highest BCUT2D eigenvalue weighted by Gasteiger charge is 2.72. The van der Waals surface area contributed by atoms with E-state index in [4.69, 9.17) is 9.47 Å². The molecule has 0 unspecified atom stereocenters. The molecule has 0 aromatic rings. The number of esters is 1. The van der Waals surface area contributed by atoms with E-state index in [0.717, 1.165) is 24.9 Å². The zero-order chi connectivity index (χ0) is 23.7. The van der Waals surface area contributed by atoms with Gasteiger partial charge in [0.15, 0.2) is 0 Å². The van der Waals surface area contributed by atoms with Crippen molar-refractivity contribution in [2.24, 2.45) is 50.7 Å². The Morgan fingerprint density at radius 1 is 0.758 bits per heavy atom. The first-order chi connectivity index (χ1) is 15.3. The summed E-state index contributed by atoms with van der Waals surface area (Å²) >= 11 is 0. The fraction of sp³-hybridized carbons (Fsp3) is 0.967. The van der Waals surface area contributed by atoms with Crippen LogP contribution in [0.3, 0.4) is 0 Å². The second kappa shape index (κ2) is 6.60. The Labute approximate surface area is 202 Å². The summed E-state index contributed by atoms with van der Waals surface area (Å²) in [6, 6.07) is 0. The fourth-order valence-corrected chi connectivity index (χ4v) is 11.6. The lowest BCUT2D eigenvalue weighted by Crippen LogP contribution is -2.66. The summed E-state index contributed by atoms with van der Waals surface area (Å²) in [5.74, 6) is 2.71. The fourth-order valence-electron chi connectivity index (χ4n) is 11.6. The van der Waals surface area contributed by atoms with Crippen LogP contribution in [0.5, 0.6) is 0 Å². The van der Waals surface area contributed by atoms with Crippen molar-refractivity contribution in [2.75, 3.05) is 6.61 Å². The number of fused-ring (bicyclic) bond motifs is 5. The molecule has 2 aliphatic heterocycles. The zero-order valence-electron chi connectivity index (χ0n) is 22.4. The van der Waals surface area contributed by atoms with Crippen molar-refractivity contribution in [1.29, 1.82) is 0 Å². The van der Waals surface area contributed by atoms with Crippen LogP contribution in [0.2, 0.25) is 0 Å². The molecule has 4 aliphatic carbocycles. The van der Waals surface area contributed by atoms with E-state index in [0.29, 0.717) is 46.0 Å². The summed E-state index contributed by atoms with van der Waals surface area (Å²) in [6.07, 6.45) is 12.7. The maximum Gasteiger partial charge on any atom is 0.306 e. The van der Waals surface area contributed by atoms with E-state index in [1.165, 1.54) is 51.4 Å². The van der Waals surface area contributed by atoms with Gasteiger partial charge in [0.1, 0.15) is 5.60 Å². The van der Waals surface area contributed by atoms with Gasteiger partial charge in [0.2, 0.25) is 0 Å². The van der Waals surface area contributed by atoms with Crippen molar-refractivity contribution in [2.45, 2.75) is 124 Å². The number of carbonyl (C=O) groups excluding carboxylic acids is 1. The first-order valence-corrected chi connectivity index (χ1v) is 14.1. The average Bonchev–Trinajstić information content (AvgIpc) is 3.01. The highest BCUT2D eigenvalue weighted by Crippen LogP contribution is 2.77. The van der Waals surface area contributed by atoms with E-state index < -0.39 is 0 Å². The Balaban J connectivity index is 1.40. The molecule has 3 heteroatoms. The second-order valence-corrected chi connectivity index (χ2v) is 15.4. The summed E-state index contributed by atoms with van der Waals surface area (Å²) in [6.45, 7) is 18.3. The summed E-state index contributed by atoms with van der Waals surface area (Å²) < 4.78 is 12.8. The minimum Gasteiger partial charge on any atom is -0.459 e. The van der Waals surface area contributed by atoms with Crippen molar-refractivity contribution in [1.82, 2.24) is 0 Å². The van der Waals surface area contributed by atoms with Crippen LogP contribution in [0.1, 0.15) is 113 Å². The van der Waals surface area contributed by atoms with Gasteiger partial charge in [-0.05, 0) is 116 Å². The van der Waals surface area contributed by atoms with Gasteiger partial charge in [0.05, 0.1) is 12.7 Å². The molecule has 6 aliphatic rings. The Morgan fingerprint density at radius 3 is 2.24 bits per heavy atom. The SMILES string of the molecule is CC1(C)CC[C@@]23CC[C@]4(C)[C@H](CC[C@H]5[C@@]6(C)CCC(=O)OC(C)(C)[C@@H]6CC[C@@]54C)[C@@H]2[C@H]1OC3. The summed E-state index contributed by atoms with van der Waals surface area (Å²) in [5, 5.41) is 0. The van der Waals surface area contributed by atoms with E-state index in [1.807, 2.05) is 0 Å². The Bertz CT molecular complexity index is 861. The maximum absolute atomic E-state index is 12.6. The normalized spacial score (nSPS) is 56.5. The molecule has 4 saturated carbocycles. The molecule has 0 radical (unpaired) electrons. The molecule has 2 bridgehead atoms. The molecule has 0 aromatic heterocycles. The van der Waals surface area contributed by atoms with Crippen molar-refractivity contribution in [3.05, 3.63) is 0 Å². The van der Waals surface area contributed by atoms with Crippen LogP contribution in [0.4, 0.5) is 0 Å². The van der Waals surface area contributed by atoms with Gasteiger partial charge in [0.25, 0.3) is 0 Å². The Morgan fingerprint density at radius 2 is 1.48 bits per heavy atom. The predicted molar refractivity (Wildman–Crippen MR) is 131 cm³/mol. The van der Waals surface area contributed by atoms with E-state index in [-0.39, 0.29) is 17.0 Å². The summed E-state index contributed by atoms with van der Waals surface area (Å²) in [4.78, 5) is 12.6. The van der Waals surface area contributed by atoms with Crippen molar-refractivity contribution in [3.63, 3.8) is 0 Å².